The fourth-order valence-electron chi connectivity index (χ4n) is 12.6. The summed E-state index contributed by atoms with van der Waals surface area (Å²) < 4.78 is 24.3. The zero-order valence-corrected chi connectivity index (χ0v) is 57.3. The van der Waals surface area contributed by atoms with Crippen molar-refractivity contribution in [2.45, 2.75) is 240 Å². The molecule has 0 fully saturated rings. The molecule has 0 saturated carbocycles. The second-order valence-electron chi connectivity index (χ2n) is 34.1. The number of hydrogen-bond donors (Lipinski definition) is 4. The SMILES string of the molecule is CC(C)(C)C1C=C(CCC(=O)OCC(COC(=O)CCC2=CC(C(C)(C)C)C(O)(C(C)(C)C)C=C2)(COC(=O)CCC2=CC(C(C)(C)C)C(O)(C(C)(C)C)C=C2)COC(=O)CCC2=CC(C(C)(C)C)C(O)(C(C)(C)C)C=C2)C=CC1(O)C(C)(C)C. The van der Waals surface area contributed by atoms with Crippen molar-refractivity contribution >= 4 is 23.9 Å². The molecule has 0 amide bonds. The topological polar surface area (TPSA) is 186 Å². The lowest BCUT2D eigenvalue weighted by Gasteiger charge is -2.50. The number of ether oxygens (including phenoxy) is 4. The van der Waals surface area contributed by atoms with Gasteiger partial charge in [0.2, 0.25) is 0 Å². The summed E-state index contributed by atoms with van der Waals surface area (Å²) in [6, 6.07) is 0. The first-order valence-corrected chi connectivity index (χ1v) is 31.4. The van der Waals surface area contributed by atoms with Crippen molar-refractivity contribution in [3.63, 3.8) is 0 Å². The molecule has 480 valence electrons. The number of hydrogen-bond acceptors (Lipinski definition) is 12. The molecule has 0 radical (unpaired) electrons. The molecule has 0 heterocycles. The second kappa shape index (κ2) is 26.0. The molecule has 0 aromatic heterocycles. The molecule has 4 aliphatic rings. The third kappa shape index (κ3) is 17.9. The smallest absolute Gasteiger partial charge is 0.306 e. The summed E-state index contributed by atoms with van der Waals surface area (Å²) in [7, 11) is 0. The number of allylic oxidation sites excluding steroid dienone is 8. The highest BCUT2D eigenvalue weighted by Gasteiger charge is 2.53. The molecule has 85 heavy (non-hydrogen) atoms. The molecule has 4 rings (SSSR count). The van der Waals surface area contributed by atoms with Gasteiger partial charge in [0.1, 0.15) is 31.8 Å². The zero-order chi connectivity index (χ0) is 65.2. The molecule has 4 N–H and O–H groups in total. The molecule has 12 heteroatoms. The quantitative estimate of drug-likeness (QED) is 0.0669. The molecule has 0 aromatic rings. The monoisotopic (exact) mass is 1180 g/mol. The van der Waals surface area contributed by atoms with Gasteiger partial charge in [-0.1, -0.05) is 261 Å². The van der Waals surface area contributed by atoms with Gasteiger partial charge in [0, 0.05) is 49.4 Å². The van der Waals surface area contributed by atoms with Gasteiger partial charge in [-0.25, -0.2) is 0 Å². The average Bonchev–Trinajstić information content (AvgIpc) is 1.46. The number of rotatable bonds is 20. The Hall–Kier alpha value is -4.36. The molecule has 0 aliphatic heterocycles. The van der Waals surface area contributed by atoms with E-state index in [2.05, 4.69) is 107 Å². The van der Waals surface area contributed by atoms with E-state index in [-0.39, 0.29) is 71.0 Å². The van der Waals surface area contributed by atoms with Crippen LogP contribution in [0.1, 0.15) is 218 Å². The van der Waals surface area contributed by atoms with E-state index in [4.69, 9.17) is 18.9 Å². The zero-order valence-electron chi connectivity index (χ0n) is 57.3. The largest absolute Gasteiger partial charge is 0.465 e. The highest BCUT2D eigenvalue weighted by molar-refractivity contribution is 5.72. The van der Waals surface area contributed by atoms with Crippen molar-refractivity contribution in [2.75, 3.05) is 26.4 Å². The Morgan fingerprint density at radius 1 is 0.329 bits per heavy atom. The summed E-state index contributed by atoms with van der Waals surface area (Å²) in [5, 5.41) is 48.1. The van der Waals surface area contributed by atoms with Crippen molar-refractivity contribution in [1.82, 2.24) is 0 Å². The average molecular weight is 1190 g/mol. The Bertz CT molecular complexity index is 2280. The van der Waals surface area contributed by atoms with Crippen LogP contribution in [0.3, 0.4) is 0 Å². The van der Waals surface area contributed by atoms with Gasteiger partial charge in [-0.3, -0.25) is 19.2 Å². The summed E-state index contributed by atoms with van der Waals surface area (Å²) in [5.74, 6) is -3.34. The summed E-state index contributed by atoms with van der Waals surface area (Å²) in [6.45, 7) is 47.4. The van der Waals surface area contributed by atoms with Crippen LogP contribution >= 0.6 is 0 Å². The lowest BCUT2D eigenvalue weighted by atomic mass is 9.59. The summed E-state index contributed by atoms with van der Waals surface area (Å²) in [5.41, 5.74) is -5.76. The summed E-state index contributed by atoms with van der Waals surface area (Å²) in [6.07, 6.45) is 24.1. The first-order chi connectivity index (χ1) is 38.2. The molecule has 0 bridgehead atoms. The third-order valence-corrected chi connectivity index (χ3v) is 18.8. The lowest BCUT2D eigenvalue weighted by Crippen LogP contribution is -2.52. The highest BCUT2D eigenvalue weighted by atomic mass is 16.6. The molecule has 8 unspecified atom stereocenters. The maximum atomic E-state index is 14.0. The van der Waals surface area contributed by atoms with E-state index < -0.39 is 99.8 Å². The Balaban J connectivity index is 1.68. The number of aliphatic hydroxyl groups is 4. The maximum Gasteiger partial charge on any atom is 0.306 e. The van der Waals surface area contributed by atoms with Crippen LogP contribution in [0.2, 0.25) is 0 Å². The van der Waals surface area contributed by atoms with Crippen LogP contribution in [0.25, 0.3) is 0 Å². The van der Waals surface area contributed by atoms with E-state index in [1.165, 1.54) is 0 Å². The lowest BCUT2D eigenvalue weighted by molar-refractivity contribution is -0.170. The molecule has 4 aliphatic carbocycles. The highest BCUT2D eigenvalue weighted by Crippen LogP contribution is 2.53. The van der Waals surface area contributed by atoms with Crippen molar-refractivity contribution in [2.24, 2.45) is 72.4 Å². The minimum absolute atomic E-state index is 0.0377. The Morgan fingerprint density at radius 2 is 0.494 bits per heavy atom. The summed E-state index contributed by atoms with van der Waals surface area (Å²) in [4.78, 5) is 56.1. The normalized spacial score (nSPS) is 27.7. The van der Waals surface area contributed by atoms with Gasteiger partial charge in [-0.05, 0) is 69.0 Å². The van der Waals surface area contributed by atoms with E-state index in [1.807, 2.05) is 132 Å². The minimum atomic E-state index is -1.55. The standard InChI is InChI=1S/C73H116O12/c1-61(2,3)53-41-49(33-37-70(53,78)65(13,14)15)25-29-57(74)82-45-69(46-83-58(75)30-26-50-34-38-71(79,66(16,17)18)54(42-50)62(4,5)6,47-84-59(76)31-27-51-35-39-72(80,67(19,20)21)55(43-51)63(7,8)9)48-85-60(77)32-28-52-36-40-73(81,68(22,23)24)56(44-52)64(10,11)12/h33-44,53-56,78-81H,25-32,45-48H2,1-24H3. The van der Waals surface area contributed by atoms with Crippen LogP contribution in [0.4, 0.5) is 0 Å². The molecule has 0 saturated heterocycles. The van der Waals surface area contributed by atoms with Gasteiger partial charge in [-0.15, -0.1) is 0 Å². The predicted octanol–water partition coefficient (Wildman–Crippen LogP) is 15.0. The van der Waals surface area contributed by atoms with E-state index in [0.29, 0.717) is 25.7 Å². The fraction of sp³-hybridized carbons (Fsp3) is 0.726. The molecule has 0 spiro atoms. The van der Waals surface area contributed by atoms with Gasteiger partial charge in [0.25, 0.3) is 0 Å². The number of carbonyl (C=O) groups excluding carboxylic acids is 4. The number of esters is 4. The van der Waals surface area contributed by atoms with Crippen LogP contribution in [-0.4, -0.2) is 93.1 Å². The van der Waals surface area contributed by atoms with E-state index in [1.54, 1.807) is 0 Å². The van der Waals surface area contributed by atoms with Gasteiger partial charge < -0.3 is 39.4 Å². The Kier molecular flexibility index (Phi) is 22.4. The van der Waals surface area contributed by atoms with Crippen LogP contribution < -0.4 is 0 Å². The maximum absolute atomic E-state index is 14.0. The van der Waals surface area contributed by atoms with Crippen molar-refractivity contribution in [1.29, 1.82) is 0 Å². The van der Waals surface area contributed by atoms with E-state index >= 15 is 0 Å². The Labute approximate surface area is 514 Å². The van der Waals surface area contributed by atoms with Crippen molar-refractivity contribution < 1.29 is 58.6 Å². The molecule has 8 atom stereocenters. The van der Waals surface area contributed by atoms with E-state index in [9.17, 15) is 39.6 Å². The van der Waals surface area contributed by atoms with Gasteiger partial charge in [0.05, 0.1) is 22.4 Å². The first-order valence-electron chi connectivity index (χ1n) is 31.4. The van der Waals surface area contributed by atoms with Gasteiger partial charge in [0.15, 0.2) is 0 Å². The third-order valence-electron chi connectivity index (χ3n) is 18.8. The molecule has 12 nitrogen and oxygen atoms in total. The van der Waals surface area contributed by atoms with Crippen molar-refractivity contribution in [3.05, 3.63) is 95.2 Å². The first kappa shape index (κ1) is 73.1. The fourth-order valence-corrected chi connectivity index (χ4v) is 12.6. The summed E-state index contributed by atoms with van der Waals surface area (Å²) >= 11 is 0. The van der Waals surface area contributed by atoms with Crippen molar-refractivity contribution in [3.8, 4) is 0 Å². The predicted molar refractivity (Wildman–Crippen MR) is 341 cm³/mol. The van der Waals surface area contributed by atoms with Crippen LogP contribution in [0.15, 0.2) is 95.2 Å². The van der Waals surface area contributed by atoms with Crippen LogP contribution in [0.5, 0.6) is 0 Å². The Morgan fingerprint density at radius 3 is 0.635 bits per heavy atom. The van der Waals surface area contributed by atoms with E-state index in [0.717, 1.165) is 22.3 Å². The minimum Gasteiger partial charge on any atom is -0.465 e. The number of carbonyl (C=O) groups is 4. The van der Waals surface area contributed by atoms with Crippen LogP contribution in [-0.2, 0) is 38.1 Å². The molecular weight excluding hydrogens is 1070 g/mol. The molecular formula is C73H116O12. The molecule has 0 aromatic carbocycles. The van der Waals surface area contributed by atoms with Crippen LogP contribution in [0, 0.1) is 72.4 Å². The second-order valence-corrected chi connectivity index (χ2v) is 34.1. The van der Waals surface area contributed by atoms with Gasteiger partial charge in [-0.2, -0.15) is 0 Å². The van der Waals surface area contributed by atoms with Gasteiger partial charge >= 0.3 is 23.9 Å².